The van der Waals surface area contributed by atoms with Crippen molar-refractivity contribution < 1.29 is 0 Å². The van der Waals surface area contributed by atoms with E-state index in [4.69, 9.17) is 0 Å². The van der Waals surface area contributed by atoms with Crippen molar-refractivity contribution in [3.8, 4) is 0 Å². The number of hydrogen-bond acceptors (Lipinski definition) is 5. The zero-order chi connectivity index (χ0) is 13.9. The first-order valence-corrected chi connectivity index (χ1v) is 6.24. The molecule has 0 radical (unpaired) electrons. The first-order chi connectivity index (χ1) is 8.92. The number of hydrogen-bond donors (Lipinski definition) is 2. The van der Waals surface area contributed by atoms with Crippen LogP contribution in [0.3, 0.4) is 0 Å². The Kier molecular flexibility index (Phi) is 3.64. The van der Waals surface area contributed by atoms with Crippen molar-refractivity contribution in [1.82, 2.24) is 15.2 Å². The molecule has 5 nitrogen and oxygen atoms in total. The van der Waals surface area contributed by atoms with Crippen molar-refractivity contribution in [3.63, 3.8) is 0 Å². The van der Waals surface area contributed by atoms with E-state index in [0.29, 0.717) is 11.8 Å². The van der Waals surface area contributed by atoms with Gasteiger partial charge in [0.25, 0.3) is 0 Å². The number of rotatable bonds is 3. The third-order valence-electron chi connectivity index (χ3n) is 2.37. The maximum absolute atomic E-state index is 4.38. The van der Waals surface area contributed by atoms with E-state index < -0.39 is 0 Å². The molecule has 0 bridgehead atoms. The molecule has 0 aliphatic rings. The molecule has 1 heterocycles. The van der Waals surface area contributed by atoms with Crippen molar-refractivity contribution in [2.75, 3.05) is 10.6 Å². The van der Waals surface area contributed by atoms with Crippen molar-refractivity contribution in [1.29, 1.82) is 0 Å². The topological polar surface area (TPSA) is 62.7 Å². The molecule has 2 aromatic rings. The molecule has 0 atom stereocenters. The molecular weight excluding hydrogens is 238 g/mol. The van der Waals surface area contributed by atoms with Gasteiger partial charge in [-0.2, -0.15) is 10.1 Å². The van der Waals surface area contributed by atoms with Crippen LogP contribution in [0.1, 0.15) is 26.3 Å². The van der Waals surface area contributed by atoms with Gasteiger partial charge in [0.05, 0.1) is 6.20 Å². The standard InChI is InChI=1S/C14H19N5/c1-10-5-7-11(8-6-10)16-13-17-12(9-15-19-13)18-14(2,3)4/h5-9H,1-4H3,(H2,16,17,18,19). The van der Waals surface area contributed by atoms with Gasteiger partial charge in [-0.1, -0.05) is 17.7 Å². The lowest BCUT2D eigenvalue weighted by molar-refractivity contribution is 0.629. The Balaban J connectivity index is 2.13. The van der Waals surface area contributed by atoms with Crippen LogP contribution in [0.15, 0.2) is 30.5 Å². The van der Waals surface area contributed by atoms with E-state index in [9.17, 15) is 0 Å². The highest BCUT2D eigenvalue weighted by Crippen LogP contribution is 2.15. The number of aromatic nitrogens is 3. The first-order valence-electron chi connectivity index (χ1n) is 6.24. The third kappa shape index (κ3) is 4.21. The van der Waals surface area contributed by atoms with Gasteiger partial charge in [-0.05, 0) is 39.8 Å². The smallest absolute Gasteiger partial charge is 0.249 e. The molecule has 1 aromatic heterocycles. The maximum atomic E-state index is 4.38. The fourth-order valence-corrected chi connectivity index (χ4v) is 1.57. The van der Waals surface area contributed by atoms with Gasteiger partial charge in [0.15, 0.2) is 5.82 Å². The van der Waals surface area contributed by atoms with Crippen LogP contribution in [-0.2, 0) is 0 Å². The summed E-state index contributed by atoms with van der Waals surface area (Å²) in [5.74, 6) is 1.19. The molecule has 0 aliphatic carbocycles. The van der Waals surface area contributed by atoms with E-state index in [2.05, 4.69) is 53.5 Å². The van der Waals surface area contributed by atoms with Gasteiger partial charge in [-0.3, -0.25) is 0 Å². The second-order valence-corrected chi connectivity index (χ2v) is 5.53. The average molecular weight is 257 g/mol. The van der Waals surface area contributed by atoms with Gasteiger partial charge in [-0.15, -0.1) is 5.10 Å². The minimum absolute atomic E-state index is 0.0584. The molecule has 0 amide bonds. The highest BCUT2D eigenvalue weighted by molar-refractivity contribution is 5.54. The van der Waals surface area contributed by atoms with Gasteiger partial charge in [0.2, 0.25) is 5.95 Å². The van der Waals surface area contributed by atoms with Gasteiger partial charge >= 0.3 is 0 Å². The molecule has 0 aliphatic heterocycles. The van der Waals surface area contributed by atoms with Crippen LogP contribution in [0.4, 0.5) is 17.5 Å². The zero-order valence-electron chi connectivity index (χ0n) is 11.7. The maximum Gasteiger partial charge on any atom is 0.249 e. The van der Waals surface area contributed by atoms with E-state index in [1.54, 1.807) is 6.20 Å². The summed E-state index contributed by atoms with van der Waals surface area (Å²) in [5, 5.41) is 14.3. The quantitative estimate of drug-likeness (QED) is 0.884. The van der Waals surface area contributed by atoms with Gasteiger partial charge in [0, 0.05) is 11.2 Å². The predicted molar refractivity (Wildman–Crippen MR) is 77.7 cm³/mol. The summed E-state index contributed by atoms with van der Waals surface area (Å²) in [6.45, 7) is 8.27. The summed E-state index contributed by atoms with van der Waals surface area (Å²) in [5.41, 5.74) is 2.10. The fraction of sp³-hybridized carbons (Fsp3) is 0.357. The molecule has 0 unspecified atom stereocenters. The van der Waals surface area contributed by atoms with Gasteiger partial charge in [-0.25, -0.2) is 0 Å². The SMILES string of the molecule is Cc1ccc(Nc2nncc(NC(C)(C)C)n2)cc1. The van der Waals surface area contributed by atoms with E-state index >= 15 is 0 Å². The molecule has 5 heteroatoms. The lowest BCUT2D eigenvalue weighted by Crippen LogP contribution is -2.27. The summed E-state index contributed by atoms with van der Waals surface area (Å²) in [7, 11) is 0. The fourth-order valence-electron chi connectivity index (χ4n) is 1.57. The number of nitrogens with one attached hydrogen (secondary N) is 2. The van der Waals surface area contributed by atoms with Crippen molar-refractivity contribution >= 4 is 17.5 Å². The number of aryl methyl sites for hydroxylation is 1. The molecule has 0 saturated heterocycles. The van der Waals surface area contributed by atoms with Crippen molar-refractivity contribution in [2.24, 2.45) is 0 Å². The number of benzene rings is 1. The second kappa shape index (κ2) is 5.22. The van der Waals surface area contributed by atoms with Crippen LogP contribution in [0, 0.1) is 6.92 Å². The van der Waals surface area contributed by atoms with E-state index in [0.717, 1.165) is 5.69 Å². The van der Waals surface area contributed by atoms with E-state index in [1.165, 1.54) is 5.56 Å². The van der Waals surface area contributed by atoms with Crippen molar-refractivity contribution in [3.05, 3.63) is 36.0 Å². The van der Waals surface area contributed by atoms with E-state index in [1.807, 2.05) is 24.3 Å². The summed E-state index contributed by atoms with van der Waals surface area (Å²) >= 11 is 0. The summed E-state index contributed by atoms with van der Waals surface area (Å²) < 4.78 is 0. The molecule has 19 heavy (non-hydrogen) atoms. The predicted octanol–water partition coefficient (Wildman–Crippen LogP) is 3.13. The molecule has 0 spiro atoms. The van der Waals surface area contributed by atoms with Crippen LogP contribution >= 0.6 is 0 Å². The lowest BCUT2D eigenvalue weighted by atomic mass is 10.1. The minimum Gasteiger partial charge on any atom is -0.364 e. The number of nitrogens with zero attached hydrogens (tertiary/aromatic N) is 3. The Morgan fingerprint density at radius 3 is 2.37 bits per heavy atom. The largest absolute Gasteiger partial charge is 0.364 e. The molecule has 2 rings (SSSR count). The van der Waals surface area contributed by atoms with Crippen LogP contribution in [0.2, 0.25) is 0 Å². The molecule has 1 aromatic carbocycles. The molecular formula is C14H19N5. The van der Waals surface area contributed by atoms with Gasteiger partial charge < -0.3 is 10.6 Å². The summed E-state index contributed by atoms with van der Waals surface area (Å²) in [4.78, 5) is 4.38. The summed E-state index contributed by atoms with van der Waals surface area (Å²) in [6.07, 6.45) is 1.62. The van der Waals surface area contributed by atoms with E-state index in [-0.39, 0.29) is 5.54 Å². The lowest BCUT2D eigenvalue weighted by Gasteiger charge is -2.20. The second-order valence-electron chi connectivity index (χ2n) is 5.53. The van der Waals surface area contributed by atoms with Gasteiger partial charge in [0.1, 0.15) is 0 Å². The Morgan fingerprint density at radius 1 is 1.05 bits per heavy atom. The highest BCUT2D eigenvalue weighted by atomic mass is 15.3. The van der Waals surface area contributed by atoms with Crippen LogP contribution < -0.4 is 10.6 Å². The Hall–Kier alpha value is -2.17. The molecule has 0 fully saturated rings. The van der Waals surface area contributed by atoms with Crippen molar-refractivity contribution in [2.45, 2.75) is 33.2 Å². The zero-order valence-corrected chi connectivity index (χ0v) is 11.7. The van der Waals surface area contributed by atoms with Crippen LogP contribution in [-0.4, -0.2) is 20.7 Å². The average Bonchev–Trinajstić information content (AvgIpc) is 2.30. The monoisotopic (exact) mass is 257 g/mol. The Morgan fingerprint density at radius 2 is 1.74 bits per heavy atom. The van der Waals surface area contributed by atoms with Crippen LogP contribution in [0.25, 0.3) is 0 Å². The Bertz CT molecular complexity index is 543. The number of anilines is 3. The third-order valence-corrected chi connectivity index (χ3v) is 2.37. The molecule has 0 saturated carbocycles. The molecule has 2 N–H and O–H groups in total. The summed E-state index contributed by atoms with van der Waals surface area (Å²) in [6, 6.07) is 8.05. The molecule has 100 valence electrons. The first kappa shape index (κ1) is 13.3. The normalized spacial score (nSPS) is 11.2. The minimum atomic E-state index is -0.0584. The Labute approximate surface area is 113 Å². The van der Waals surface area contributed by atoms with Crippen LogP contribution in [0.5, 0.6) is 0 Å². The highest BCUT2D eigenvalue weighted by Gasteiger charge is 2.11.